The van der Waals surface area contributed by atoms with Gasteiger partial charge in [-0.1, -0.05) is 0 Å². The van der Waals surface area contributed by atoms with Crippen molar-refractivity contribution in [3.8, 4) is 0 Å². The summed E-state index contributed by atoms with van der Waals surface area (Å²) in [5.41, 5.74) is 0.607. The summed E-state index contributed by atoms with van der Waals surface area (Å²) in [5, 5.41) is 147. The molecule has 4 saturated heterocycles. The standard InChI is InChI=1S/C44H72N2O28/c47-17-23-27(51)31(55)33(57)43(71-23)73-37-29(53)25(19-49)69-41(35(37)59)67-15-13-65-11-9-63-7-5-45-39(61)21-1-2-22(4-3-21)40(62)46-6-8-64-10-12-66-14-16-68-42-36(60)38(30(54)26(20-50)70-42)74-44-34(58)32(56)28(52)24(18-48)72-44/h1-4,23-38,41-44,47-60H,5-20H2,(H,45,61)(H,46,62)/t23-,24-,25-,26-,27+,28+,29+,30+,31+,32+,33-,34-,35-,36-,37+,38+,41-,42-,43-,44-/m1/s1. The van der Waals surface area contributed by atoms with Gasteiger partial charge in [0.05, 0.1) is 92.5 Å². The van der Waals surface area contributed by atoms with E-state index < -0.39 is 161 Å². The van der Waals surface area contributed by atoms with Crippen molar-refractivity contribution in [2.45, 2.75) is 123 Å². The van der Waals surface area contributed by atoms with E-state index in [1.54, 1.807) is 0 Å². The molecule has 16 N–H and O–H groups in total. The Balaban J connectivity index is 0.866. The summed E-state index contributed by atoms with van der Waals surface area (Å²) in [6, 6.07) is 5.95. The summed E-state index contributed by atoms with van der Waals surface area (Å²) in [7, 11) is 0. The SMILES string of the molecule is O=C(NCCOCCOCCO[C@@H]1O[C@H](CO)[C@H](O)[C@H](O[C@H]2O[C@H](CO)[C@H](O)[C@H](O)[C@H]2O)[C@H]1O)c1ccc(C(=O)NCCOCCOCCO[C@@H]2O[C@H](CO)[C@H](O)[C@H](O[C@H]3O[C@H](CO)[C@H](O)[C@H](O)[C@H]3O)[C@H]2O)cc1. The summed E-state index contributed by atoms with van der Waals surface area (Å²) < 4.78 is 65.5. The summed E-state index contributed by atoms with van der Waals surface area (Å²) in [5.74, 6) is -0.799. The molecule has 0 bridgehead atoms. The van der Waals surface area contributed by atoms with Crippen LogP contribution in [0.25, 0.3) is 0 Å². The molecule has 0 saturated carbocycles. The third-order valence-electron chi connectivity index (χ3n) is 12.2. The van der Waals surface area contributed by atoms with Gasteiger partial charge in [0.1, 0.15) is 97.7 Å². The van der Waals surface area contributed by atoms with Gasteiger partial charge in [-0.05, 0) is 24.3 Å². The number of rotatable bonds is 30. The first-order valence-corrected chi connectivity index (χ1v) is 23.9. The number of benzene rings is 1. The van der Waals surface area contributed by atoms with Crippen molar-refractivity contribution in [1.82, 2.24) is 10.6 Å². The number of hydrogen-bond acceptors (Lipinski definition) is 28. The second kappa shape index (κ2) is 31.5. The van der Waals surface area contributed by atoms with Crippen LogP contribution in [0.4, 0.5) is 0 Å². The molecule has 0 aliphatic carbocycles. The van der Waals surface area contributed by atoms with Crippen molar-refractivity contribution in [3.63, 3.8) is 0 Å². The van der Waals surface area contributed by atoms with Crippen molar-refractivity contribution < 1.29 is 138 Å². The van der Waals surface area contributed by atoms with Gasteiger partial charge in [0.25, 0.3) is 11.8 Å². The van der Waals surface area contributed by atoms with E-state index in [1.807, 2.05) is 0 Å². The lowest BCUT2D eigenvalue weighted by atomic mass is 9.97. The Labute approximate surface area is 423 Å². The molecule has 0 radical (unpaired) electrons. The minimum Gasteiger partial charge on any atom is -0.394 e. The zero-order valence-corrected chi connectivity index (χ0v) is 40.1. The first-order valence-electron chi connectivity index (χ1n) is 23.9. The van der Waals surface area contributed by atoms with E-state index in [-0.39, 0.29) is 79.2 Å². The molecule has 0 unspecified atom stereocenters. The van der Waals surface area contributed by atoms with Crippen molar-refractivity contribution in [3.05, 3.63) is 35.4 Å². The quantitative estimate of drug-likeness (QED) is 0.0318. The number of ether oxygens (including phenoxy) is 12. The van der Waals surface area contributed by atoms with Crippen LogP contribution in [0, 0.1) is 0 Å². The molecular weight excluding hydrogens is 1000 g/mol. The molecular formula is C44H72N2O28. The average molecular weight is 1080 g/mol. The second-order valence-corrected chi connectivity index (χ2v) is 17.3. The molecule has 5 rings (SSSR count). The molecule has 1 aromatic carbocycles. The van der Waals surface area contributed by atoms with Gasteiger partial charge in [-0.2, -0.15) is 0 Å². The molecule has 4 heterocycles. The van der Waals surface area contributed by atoms with Crippen LogP contribution in [0.5, 0.6) is 0 Å². The Bertz CT molecular complexity index is 1630. The number of aliphatic hydroxyl groups excluding tert-OH is 14. The van der Waals surface area contributed by atoms with E-state index in [0.717, 1.165) is 0 Å². The molecule has 30 nitrogen and oxygen atoms in total. The number of carbonyl (C=O) groups excluding carboxylic acids is 2. The Hall–Kier alpha value is -2.88. The topological polar surface area (TPSA) is 452 Å². The maximum Gasteiger partial charge on any atom is 0.251 e. The Kier molecular flexibility index (Phi) is 26.4. The first kappa shape index (κ1) is 62.0. The minimum atomic E-state index is -1.81. The number of amides is 2. The number of aliphatic hydroxyl groups is 14. The summed E-state index contributed by atoms with van der Waals surface area (Å²) in [6.07, 6.45) is -31.6. The van der Waals surface area contributed by atoms with Gasteiger partial charge in [-0.3, -0.25) is 9.59 Å². The van der Waals surface area contributed by atoms with Crippen LogP contribution in [0.2, 0.25) is 0 Å². The monoisotopic (exact) mass is 1080 g/mol. The van der Waals surface area contributed by atoms with E-state index in [2.05, 4.69) is 10.6 Å². The van der Waals surface area contributed by atoms with Crippen LogP contribution in [0.15, 0.2) is 24.3 Å². The lowest BCUT2D eigenvalue weighted by molar-refractivity contribution is -0.360. The molecule has 2 amide bonds. The van der Waals surface area contributed by atoms with Crippen LogP contribution in [-0.2, 0) is 56.8 Å². The molecule has 74 heavy (non-hydrogen) atoms. The van der Waals surface area contributed by atoms with Crippen LogP contribution >= 0.6 is 0 Å². The second-order valence-electron chi connectivity index (χ2n) is 17.3. The fourth-order valence-electron chi connectivity index (χ4n) is 7.91. The van der Waals surface area contributed by atoms with Crippen LogP contribution < -0.4 is 10.6 Å². The van der Waals surface area contributed by atoms with Gasteiger partial charge >= 0.3 is 0 Å². The van der Waals surface area contributed by atoms with Gasteiger partial charge in [-0.25, -0.2) is 0 Å². The fraction of sp³-hybridized carbons (Fsp3) is 0.818. The number of carbonyl (C=O) groups is 2. The van der Waals surface area contributed by atoms with E-state index in [4.69, 9.17) is 56.8 Å². The zero-order chi connectivity index (χ0) is 53.9. The van der Waals surface area contributed by atoms with Gasteiger partial charge in [-0.15, -0.1) is 0 Å². The molecule has 426 valence electrons. The van der Waals surface area contributed by atoms with Gasteiger partial charge in [0.2, 0.25) is 0 Å². The van der Waals surface area contributed by atoms with Gasteiger partial charge in [0, 0.05) is 24.2 Å². The van der Waals surface area contributed by atoms with Crippen LogP contribution in [0.3, 0.4) is 0 Å². The molecule has 4 aliphatic rings. The van der Waals surface area contributed by atoms with Gasteiger partial charge < -0.3 is 139 Å². The third kappa shape index (κ3) is 17.1. The summed E-state index contributed by atoms with van der Waals surface area (Å²) in [4.78, 5) is 25.2. The van der Waals surface area contributed by atoms with Crippen LogP contribution in [-0.4, -0.2) is 312 Å². The molecule has 1 aromatic rings. The normalized spacial score (nSPS) is 36.6. The lowest BCUT2D eigenvalue weighted by Gasteiger charge is -2.45. The van der Waals surface area contributed by atoms with Gasteiger partial charge in [0.15, 0.2) is 25.2 Å². The summed E-state index contributed by atoms with van der Waals surface area (Å²) in [6.45, 7) is -1.91. The number of nitrogens with one attached hydrogen (secondary N) is 2. The predicted molar refractivity (Wildman–Crippen MR) is 239 cm³/mol. The van der Waals surface area contributed by atoms with Crippen LogP contribution in [0.1, 0.15) is 20.7 Å². The predicted octanol–water partition coefficient (Wildman–Crippen LogP) is -9.51. The molecule has 0 aromatic heterocycles. The van der Waals surface area contributed by atoms with E-state index in [1.165, 1.54) is 24.3 Å². The average Bonchev–Trinajstić information content (AvgIpc) is 3.40. The highest BCUT2D eigenvalue weighted by atomic mass is 16.8. The Morgan fingerprint density at radius 3 is 1.01 bits per heavy atom. The van der Waals surface area contributed by atoms with Crippen molar-refractivity contribution in [1.29, 1.82) is 0 Å². The highest BCUT2D eigenvalue weighted by Gasteiger charge is 2.52. The van der Waals surface area contributed by atoms with E-state index in [9.17, 15) is 81.1 Å². The molecule has 4 aliphatic heterocycles. The first-order chi connectivity index (χ1) is 35.6. The van der Waals surface area contributed by atoms with E-state index >= 15 is 0 Å². The summed E-state index contributed by atoms with van der Waals surface area (Å²) >= 11 is 0. The van der Waals surface area contributed by atoms with Crippen molar-refractivity contribution >= 4 is 11.8 Å². The minimum absolute atomic E-state index is 0.00674. The van der Waals surface area contributed by atoms with E-state index in [0.29, 0.717) is 11.1 Å². The Morgan fingerprint density at radius 1 is 0.378 bits per heavy atom. The molecule has 20 atom stereocenters. The fourth-order valence-corrected chi connectivity index (χ4v) is 7.91. The maximum atomic E-state index is 12.6. The number of hydrogen-bond donors (Lipinski definition) is 16. The highest BCUT2D eigenvalue weighted by molar-refractivity contribution is 5.97. The molecule has 0 spiro atoms. The third-order valence-corrected chi connectivity index (χ3v) is 12.2. The largest absolute Gasteiger partial charge is 0.394 e. The van der Waals surface area contributed by atoms with Crippen molar-refractivity contribution in [2.75, 3.05) is 106 Å². The zero-order valence-electron chi connectivity index (χ0n) is 40.1. The molecule has 30 heteroatoms. The Morgan fingerprint density at radius 2 is 0.676 bits per heavy atom. The highest BCUT2D eigenvalue weighted by Crippen LogP contribution is 2.31. The maximum absolute atomic E-state index is 12.6. The molecule has 4 fully saturated rings. The smallest absolute Gasteiger partial charge is 0.251 e. The van der Waals surface area contributed by atoms with Crippen molar-refractivity contribution in [2.24, 2.45) is 0 Å². The lowest BCUT2D eigenvalue weighted by Crippen LogP contribution is -2.64.